The van der Waals surface area contributed by atoms with E-state index in [4.69, 9.17) is 10.9 Å². The molecule has 1 aliphatic heterocycles. The van der Waals surface area contributed by atoms with Crippen LogP contribution < -0.4 is 11.1 Å². The zero-order valence-electron chi connectivity index (χ0n) is 10.3. The van der Waals surface area contributed by atoms with Gasteiger partial charge < -0.3 is 21.2 Å². The number of oxime groups is 1. The summed E-state index contributed by atoms with van der Waals surface area (Å²) < 4.78 is 0. The maximum Gasteiger partial charge on any atom is 0.139 e. The van der Waals surface area contributed by atoms with Crippen molar-refractivity contribution in [1.82, 2.24) is 10.2 Å². The number of nitrogens with one attached hydrogen (secondary N) is 1. The van der Waals surface area contributed by atoms with Crippen molar-refractivity contribution < 1.29 is 5.21 Å². The molecule has 0 aliphatic carbocycles. The molecule has 1 saturated heterocycles. The molecule has 4 N–H and O–H groups in total. The van der Waals surface area contributed by atoms with Gasteiger partial charge in [-0.15, -0.1) is 0 Å². The highest BCUT2D eigenvalue weighted by molar-refractivity contribution is 5.79. The van der Waals surface area contributed by atoms with E-state index >= 15 is 0 Å². The Hall–Kier alpha value is -0.810. The van der Waals surface area contributed by atoms with Crippen molar-refractivity contribution in [2.75, 3.05) is 20.1 Å². The van der Waals surface area contributed by atoms with Gasteiger partial charge in [-0.1, -0.05) is 5.16 Å². The minimum atomic E-state index is 0.318. The van der Waals surface area contributed by atoms with Gasteiger partial charge in [0.05, 0.1) is 0 Å². The van der Waals surface area contributed by atoms with Gasteiger partial charge in [0, 0.05) is 18.5 Å². The highest BCUT2D eigenvalue weighted by Crippen LogP contribution is 2.15. The molecule has 5 heteroatoms. The Labute approximate surface area is 97.7 Å². The van der Waals surface area contributed by atoms with E-state index in [2.05, 4.69) is 29.3 Å². The van der Waals surface area contributed by atoms with Crippen molar-refractivity contribution in [2.24, 2.45) is 10.9 Å². The number of nitrogens with two attached hydrogens (primary N) is 1. The molecule has 0 amide bonds. The van der Waals surface area contributed by atoms with E-state index in [0.717, 1.165) is 13.0 Å². The largest absolute Gasteiger partial charge is 0.409 e. The summed E-state index contributed by atoms with van der Waals surface area (Å²) in [5.74, 6) is 0.318. The van der Waals surface area contributed by atoms with E-state index in [1.807, 2.05) is 0 Å². The molecule has 0 radical (unpaired) electrons. The summed E-state index contributed by atoms with van der Waals surface area (Å²) in [7, 11) is 2.18. The van der Waals surface area contributed by atoms with Crippen molar-refractivity contribution in [3.63, 3.8) is 0 Å². The quantitative estimate of drug-likeness (QED) is 0.212. The molecule has 1 fully saturated rings. The fraction of sp³-hybridized carbons (Fsp3) is 0.909. The van der Waals surface area contributed by atoms with E-state index in [1.165, 1.54) is 19.4 Å². The monoisotopic (exact) mass is 228 g/mol. The van der Waals surface area contributed by atoms with Crippen molar-refractivity contribution in [2.45, 2.75) is 44.7 Å². The van der Waals surface area contributed by atoms with Gasteiger partial charge >= 0.3 is 0 Å². The Bertz CT molecular complexity index is 232. The summed E-state index contributed by atoms with van der Waals surface area (Å²) in [6.45, 7) is 4.38. The highest BCUT2D eigenvalue weighted by Gasteiger charge is 2.21. The summed E-state index contributed by atoms with van der Waals surface area (Å²) in [4.78, 5) is 2.40. The van der Waals surface area contributed by atoms with Crippen LogP contribution in [0.15, 0.2) is 5.16 Å². The fourth-order valence-electron chi connectivity index (χ4n) is 2.10. The van der Waals surface area contributed by atoms with Crippen LogP contribution in [0.25, 0.3) is 0 Å². The number of hydrogen-bond donors (Lipinski definition) is 3. The van der Waals surface area contributed by atoms with Crippen molar-refractivity contribution in [3.05, 3.63) is 0 Å². The van der Waals surface area contributed by atoms with Crippen molar-refractivity contribution in [3.8, 4) is 0 Å². The average Bonchev–Trinajstić information content (AvgIpc) is 2.28. The second-order valence-electron chi connectivity index (χ2n) is 4.70. The third kappa shape index (κ3) is 4.37. The van der Waals surface area contributed by atoms with Crippen LogP contribution in [0.5, 0.6) is 0 Å². The highest BCUT2D eigenvalue weighted by atomic mass is 16.4. The predicted octanol–water partition coefficient (Wildman–Crippen LogP) is 0.585. The molecule has 16 heavy (non-hydrogen) atoms. The van der Waals surface area contributed by atoms with Gasteiger partial charge in [-0.2, -0.15) is 0 Å². The first-order valence-electron chi connectivity index (χ1n) is 6.03. The molecule has 1 aliphatic rings. The van der Waals surface area contributed by atoms with Gasteiger partial charge in [-0.3, -0.25) is 0 Å². The van der Waals surface area contributed by atoms with Crippen molar-refractivity contribution >= 4 is 5.84 Å². The Kier molecular flexibility index (Phi) is 5.55. The van der Waals surface area contributed by atoms with E-state index < -0.39 is 0 Å². The van der Waals surface area contributed by atoms with Gasteiger partial charge in [0.15, 0.2) is 0 Å². The van der Waals surface area contributed by atoms with E-state index in [0.29, 0.717) is 24.3 Å². The second-order valence-corrected chi connectivity index (χ2v) is 4.70. The normalized spacial score (nSPS) is 28.2. The van der Waals surface area contributed by atoms with E-state index in [9.17, 15) is 0 Å². The molecule has 0 saturated carbocycles. The Morgan fingerprint density at radius 3 is 3.00 bits per heavy atom. The standard InChI is InChI=1S/C11H24N4O/c1-9-8-10(5-7-15(9)2)13-6-3-4-11(12)14-16/h9-10,13,16H,3-8H2,1-2H3,(H2,12,14). The van der Waals surface area contributed by atoms with E-state index in [1.54, 1.807) is 0 Å². The lowest BCUT2D eigenvalue weighted by molar-refractivity contribution is 0.169. The van der Waals surface area contributed by atoms with Gasteiger partial charge in [-0.05, 0) is 46.3 Å². The van der Waals surface area contributed by atoms with Crippen LogP contribution >= 0.6 is 0 Å². The number of piperidine rings is 1. The summed E-state index contributed by atoms with van der Waals surface area (Å²) in [5, 5.41) is 14.9. The summed E-state index contributed by atoms with van der Waals surface area (Å²) in [6.07, 6.45) is 4.01. The van der Waals surface area contributed by atoms with Gasteiger partial charge in [0.1, 0.15) is 5.84 Å². The van der Waals surface area contributed by atoms with Gasteiger partial charge in [0.2, 0.25) is 0 Å². The third-order valence-electron chi connectivity index (χ3n) is 3.38. The third-order valence-corrected chi connectivity index (χ3v) is 3.38. The summed E-state index contributed by atoms with van der Waals surface area (Å²) >= 11 is 0. The SMILES string of the molecule is CC1CC(NCCCC(N)=NO)CCN1C. The first kappa shape index (κ1) is 13.3. The number of amidine groups is 1. The molecule has 2 atom stereocenters. The fourth-order valence-corrected chi connectivity index (χ4v) is 2.10. The number of likely N-dealkylation sites (tertiary alicyclic amines) is 1. The van der Waals surface area contributed by atoms with Gasteiger partial charge in [-0.25, -0.2) is 0 Å². The molecule has 0 aromatic carbocycles. The zero-order chi connectivity index (χ0) is 12.0. The minimum absolute atomic E-state index is 0.318. The summed E-state index contributed by atoms with van der Waals surface area (Å²) in [6, 6.07) is 1.29. The van der Waals surface area contributed by atoms with Crippen LogP contribution in [0.2, 0.25) is 0 Å². The lowest BCUT2D eigenvalue weighted by Gasteiger charge is -2.35. The molecular weight excluding hydrogens is 204 g/mol. The second kappa shape index (κ2) is 6.70. The van der Waals surface area contributed by atoms with E-state index in [-0.39, 0.29) is 0 Å². The molecule has 0 aromatic rings. The molecule has 0 bridgehead atoms. The number of rotatable bonds is 5. The first-order chi connectivity index (χ1) is 7.63. The Balaban J connectivity index is 2.10. The zero-order valence-corrected chi connectivity index (χ0v) is 10.3. The molecule has 1 heterocycles. The molecular formula is C11H24N4O. The molecule has 2 unspecified atom stereocenters. The smallest absolute Gasteiger partial charge is 0.139 e. The van der Waals surface area contributed by atoms with Gasteiger partial charge in [0.25, 0.3) is 0 Å². The Morgan fingerprint density at radius 2 is 2.38 bits per heavy atom. The molecule has 94 valence electrons. The minimum Gasteiger partial charge on any atom is -0.409 e. The van der Waals surface area contributed by atoms with Crippen LogP contribution in [0, 0.1) is 0 Å². The molecule has 1 rings (SSSR count). The average molecular weight is 228 g/mol. The topological polar surface area (TPSA) is 73.9 Å². The van der Waals surface area contributed by atoms with Crippen LogP contribution in [-0.2, 0) is 0 Å². The Morgan fingerprint density at radius 1 is 1.62 bits per heavy atom. The lowest BCUT2D eigenvalue weighted by Crippen LogP contribution is -2.45. The predicted molar refractivity (Wildman–Crippen MR) is 65.8 cm³/mol. The molecule has 0 aromatic heterocycles. The molecule has 5 nitrogen and oxygen atoms in total. The first-order valence-corrected chi connectivity index (χ1v) is 6.03. The maximum absolute atomic E-state index is 8.38. The summed E-state index contributed by atoms with van der Waals surface area (Å²) in [5.41, 5.74) is 5.40. The van der Waals surface area contributed by atoms with Crippen LogP contribution in [0.4, 0.5) is 0 Å². The molecule has 0 spiro atoms. The van der Waals surface area contributed by atoms with Crippen molar-refractivity contribution in [1.29, 1.82) is 0 Å². The number of hydrogen-bond acceptors (Lipinski definition) is 4. The number of nitrogens with zero attached hydrogens (tertiary/aromatic N) is 2. The van der Waals surface area contributed by atoms with Crippen LogP contribution in [0.1, 0.15) is 32.6 Å². The van der Waals surface area contributed by atoms with Crippen LogP contribution in [0.3, 0.4) is 0 Å². The van der Waals surface area contributed by atoms with Crippen LogP contribution in [-0.4, -0.2) is 48.2 Å². The maximum atomic E-state index is 8.38. The lowest BCUT2D eigenvalue weighted by atomic mass is 9.99.